The molecule has 29 heavy (non-hydrogen) atoms. The van der Waals surface area contributed by atoms with Crippen LogP contribution in [0.2, 0.25) is 0 Å². The molecule has 9 heteroatoms. The predicted octanol–water partition coefficient (Wildman–Crippen LogP) is 3.42. The molecule has 0 bridgehead atoms. The summed E-state index contributed by atoms with van der Waals surface area (Å²) in [4.78, 5) is 31.3. The molecule has 1 amide bonds. The van der Waals surface area contributed by atoms with Gasteiger partial charge in [-0.2, -0.15) is 0 Å². The third-order valence-electron chi connectivity index (χ3n) is 4.91. The molecule has 148 valence electrons. The van der Waals surface area contributed by atoms with Crippen molar-refractivity contribution in [3.8, 4) is 0 Å². The van der Waals surface area contributed by atoms with Crippen molar-refractivity contribution in [2.75, 3.05) is 23.3 Å². The molecule has 1 aliphatic rings. The van der Waals surface area contributed by atoms with Crippen LogP contribution in [0.5, 0.6) is 0 Å². The van der Waals surface area contributed by atoms with Gasteiger partial charge in [0.1, 0.15) is 17.1 Å². The Morgan fingerprint density at radius 3 is 2.41 bits per heavy atom. The van der Waals surface area contributed by atoms with E-state index in [9.17, 15) is 14.0 Å². The predicted molar refractivity (Wildman–Crippen MR) is 108 cm³/mol. The summed E-state index contributed by atoms with van der Waals surface area (Å²) in [5.74, 6) is 0.118. The van der Waals surface area contributed by atoms with Gasteiger partial charge in [0, 0.05) is 30.8 Å². The van der Waals surface area contributed by atoms with Crippen LogP contribution in [-0.4, -0.2) is 40.0 Å². The van der Waals surface area contributed by atoms with Gasteiger partial charge in [0.05, 0.1) is 5.56 Å². The molecule has 1 N–H and O–H groups in total. The molecule has 3 heterocycles. The van der Waals surface area contributed by atoms with Crippen LogP contribution < -0.4 is 10.2 Å². The highest BCUT2D eigenvalue weighted by atomic mass is 32.1. The van der Waals surface area contributed by atoms with Crippen LogP contribution in [0.15, 0.2) is 48.1 Å². The Morgan fingerprint density at radius 2 is 1.79 bits per heavy atom. The average molecular weight is 411 g/mol. The quantitative estimate of drug-likeness (QED) is 0.647. The summed E-state index contributed by atoms with van der Waals surface area (Å²) < 4.78 is 13.0. The summed E-state index contributed by atoms with van der Waals surface area (Å²) in [5.41, 5.74) is 2.53. The van der Waals surface area contributed by atoms with Crippen molar-refractivity contribution < 1.29 is 14.0 Å². The number of benzene rings is 1. The topological polar surface area (TPSA) is 88.1 Å². The van der Waals surface area contributed by atoms with Crippen LogP contribution in [0.25, 0.3) is 0 Å². The molecule has 0 spiro atoms. The number of carbonyl (C=O) groups is 2. The number of piperidine rings is 1. The van der Waals surface area contributed by atoms with Gasteiger partial charge in [-0.25, -0.2) is 9.37 Å². The van der Waals surface area contributed by atoms with Crippen LogP contribution >= 0.6 is 11.3 Å². The number of aromatic nitrogens is 3. The van der Waals surface area contributed by atoms with Gasteiger partial charge < -0.3 is 4.90 Å². The minimum absolute atomic E-state index is 0.0568. The third kappa shape index (κ3) is 4.45. The molecule has 7 nitrogen and oxygen atoms in total. The van der Waals surface area contributed by atoms with Crippen molar-refractivity contribution in [2.45, 2.75) is 12.8 Å². The number of hydrogen-bond donors (Lipinski definition) is 1. The number of ketones is 1. The molecule has 0 radical (unpaired) electrons. The lowest BCUT2D eigenvalue weighted by molar-refractivity contribution is 0.0900. The number of Topliss-reactive ketones (excluding diaryl/α,β-unsaturated/α-hetero) is 1. The van der Waals surface area contributed by atoms with E-state index in [0.717, 1.165) is 5.82 Å². The Kier molecular flexibility index (Phi) is 5.57. The van der Waals surface area contributed by atoms with Crippen molar-refractivity contribution >= 4 is 34.0 Å². The lowest BCUT2D eigenvalue weighted by Crippen LogP contribution is -2.36. The first-order valence-electron chi connectivity index (χ1n) is 9.18. The number of hydrogen-bond acceptors (Lipinski definition) is 7. The normalized spacial score (nSPS) is 14.6. The van der Waals surface area contributed by atoms with Gasteiger partial charge in [-0.15, -0.1) is 10.2 Å². The van der Waals surface area contributed by atoms with E-state index in [2.05, 4.69) is 25.4 Å². The van der Waals surface area contributed by atoms with E-state index in [1.807, 2.05) is 0 Å². The van der Waals surface area contributed by atoms with Gasteiger partial charge in [0.15, 0.2) is 5.78 Å². The van der Waals surface area contributed by atoms with Crippen LogP contribution in [0, 0.1) is 11.7 Å². The van der Waals surface area contributed by atoms with Crippen molar-refractivity contribution in [1.29, 1.82) is 0 Å². The fourth-order valence-corrected chi connectivity index (χ4v) is 3.76. The SMILES string of the molecule is O=C(Nc1nncs1)c1ccc(N2CCC(C(=O)c3ccc(F)cc3)CC2)nc1. The van der Waals surface area contributed by atoms with E-state index in [4.69, 9.17) is 0 Å². The number of pyridine rings is 1. The molecule has 1 aromatic carbocycles. The first kappa shape index (κ1) is 19.1. The molecule has 0 aliphatic carbocycles. The molecule has 0 saturated carbocycles. The molecule has 0 atom stereocenters. The lowest BCUT2D eigenvalue weighted by Gasteiger charge is -2.32. The van der Waals surface area contributed by atoms with Gasteiger partial charge in [-0.05, 0) is 49.2 Å². The third-order valence-corrected chi connectivity index (χ3v) is 5.52. The zero-order valence-corrected chi connectivity index (χ0v) is 16.2. The number of nitrogens with one attached hydrogen (secondary N) is 1. The van der Waals surface area contributed by atoms with E-state index in [-0.39, 0.29) is 23.4 Å². The van der Waals surface area contributed by atoms with Crippen LogP contribution in [0.1, 0.15) is 33.6 Å². The van der Waals surface area contributed by atoms with Gasteiger partial charge >= 0.3 is 0 Å². The van der Waals surface area contributed by atoms with E-state index in [1.54, 1.807) is 17.6 Å². The zero-order chi connectivity index (χ0) is 20.2. The summed E-state index contributed by atoms with van der Waals surface area (Å²) in [6.45, 7) is 1.39. The molecule has 1 saturated heterocycles. The maximum absolute atomic E-state index is 13.0. The Hall–Kier alpha value is -3.20. The second-order valence-electron chi connectivity index (χ2n) is 6.74. The van der Waals surface area contributed by atoms with Crippen molar-refractivity contribution in [3.05, 3.63) is 65.0 Å². The average Bonchev–Trinajstić information content (AvgIpc) is 3.27. The highest BCUT2D eigenvalue weighted by molar-refractivity contribution is 7.13. The second-order valence-corrected chi connectivity index (χ2v) is 7.57. The fraction of sp³-hybridized carbons (Fsp3) is 0.250. The maximum Gasteiger partial charge on any atom is 0.259 e. The summed E-state index contributed by atoms with van der Waals surface area (Å²) in [6.07, 6.45) is 2.94. The lowest BCUT2D eigenvalue weighted by atomic mass is 9.89. The van der Waals surface area contributed by atoms with Crippen molar-refractivity contribution in [1.82, 2.24) is 15.2 Å². The van der Waals surface area contributed by atoms with Crippen LogP contribution in [-0.2, 0) is 0 Å². The van der Waals surface area contributed by atoms with Gasteiger partial charge in [-0.3, -0.25) is 14.9 Å². The summed E-state index contributed by atoms with van der Waals surface area (Å²) in [7, 11) is 0. The Morgan fingerprint density at radius 1 is 1.07 bits per heavy atom. The Labute approximate surface area is 170 Å². The molecular formula is C20H18FN5O2S. The molecular weight excluding hydrogens is 393 g/mol. The summed E-state index contributed by atoms with van der Waals surface area (Å²) in [6, 6.07) is 9.23. The smallest absolute Gasteiger partial charge is 0.259 e. The van der Waals surface area contributed by atoms with Gasteiger partial charge in [0.2, 0.25) is 5.13 Å². The van der Waals surface area contributed by atoms with Crippen LogP contribution in [0.4, 0.5) is 15.3 Å². The number of nitrogens with zero attached hydrogens (tertiary/aromatic N) is 4. The Bertz CT molecular complexity index is 985. The van der Waals surface area contributed by atoms with Gasteiger partial charge in [-0.1, -0.05) is 11.3 Å². The second kappa shape index (κ2) is 8.44. The fourth-order valence-electron chi connectivity index (χ4n) is 3.32. The zero-order valence-electron chi connectivity index (χ0n) is 15.4. The summed E-state index contributed by atoms with van der Waals surface area (Å²) >= 11 is 1.24. The molecule has 1 aliphatic heterocycles. The van der Waals surface area contributed by atoms with E-state index < -0.39 is 0 Å². The minimum Gasteiger partial charge on any atom is -0.357 e. The number of rotatable bonds is 5. The van der Waals surface area contributed by atoms with Crippen LogP contribution in [0.3, 0.4) is 0 Å². The van der Waals surface area contributed by atoms with Crippen molar-refractivity contribution in [3.63, 3.8) is 0 Å². The summed E-state index contributed by atoms with van der Waals surface area (Å²) in [5, 5.41) is 10.6. The van der Waals surface area contributed by atoms with Crippen molar-refractivity contribution in [2.24, 2.45) is 5.92 Å². The van der Waals surface area contributed by atoms with E-state index in [0.29, 0.717) is 42.2 Å². The maximum atomic E-state index is 13.0. The highest BCUT2D eigenvalue weighted by Crippen LogP contribution is 2.25. The number of carbonyl (C=O) groups excluding carboxylic acids is 2. The number of anilines is 2. The standard InChI is InChI=1S/C20H18FN5O2S/c21-16-4-1-13(2-5-16)18(27)14-7-9-26(10-8-14)17-6-3-15(11-22-17)19(28)24-20-25-23-12-29-20/h1-6,11-12,14H,7-10H2,(H,24,25,28). The Balaban J connectivity index is 1.34. The largest absolute Gasteiger partial charge is 0.357 e. The molecule has 1 fully saturated rings. The highest BCUT2D eigenvalue weighted by Gasteiger charge is 2.26. The van der Waals surface area contributed by atoms with E-state index >= 15 is 0 Å². The molecule has 4 rings (SSSR count). The first-order valence-corrected chi connectivity index (χ1v) is 10.1. The number of amides is 1. The molecule has 0 unspecified atom stereocenters. The molecule has 2 aromatic heterocycles. The molecule has 3 aromatic rings. The van der Waals surface area contributed by atoms with Gasteiger partial charge in [0.25, 0.3) is 5.91 Å². The monoisotopic (exact) mass is 411 g/mol. The minimum atomic E-state index is -0.345. The first-order chi connectivity index (χ1) is 14.1. The number of halogens is 1. The van der Waals surface area contributed by atoms with E-state index in [1.165, 1.54) is 41.8 Å².